The molecule has 1 aliphatic heterocycles. The maximum absolute atomic E-state index is 14.1. The summed E-state index contributed by atoms with van der Waals surface area (Å²) >= 11 is 0. The minimum Gasteiger partial charge on any atom is -0.497 e. The zero-order chi connectivity index (χ0) is 50.8. The monoisotopic (exact) mass is 997 g/mol. The minimum atomic E-state index is -1.77. The van der Waals surface area contributed by atoms with Crippen molar-refractivity contribution in [2.24, 2.45) is 0 Å². The van der Waals surface area contributed by atoms with Crippen molar-refractivity contribution in [1.82, 2.24) is 29.2 Å². The maximum atomic E-state index is 14.1. The Balaban J connectivity index is 1.04. The lowest BCUT2D eigenvalue weighted by Crippen LogP contribution is -2.39. The highest BCUT2D eigenvalue weighted by Gasteiger charge is 2.45. The number of aromatic nitrogens is 5. The number of nitriles is 1. The summed E-state index contributed by atoms with van der Waals surface area (Å²) in [6.07, 6.45) is 1.07. The highest BCUT2D eigenvalue weighted by Crippen LogP contribution is 2.51. The maximum Gasteiger partial charge on any atom is 0.330 e. The summed E-state index contributed by atoms with van der Waals surface area (Å²) in [5.74, 6) is 1.36. The Labute approximate surface area is 423 Å². The molecule has 0 saturated carbocycles. The van der Waals surface area contributed by atoms with Crippen molar-refractivity contribution in [2.75, 3.05) is 27.4 Å². The largest absolute Gasteiger partial charge is 0.497 e. The highest BCUT2D eigenvalue weighted by molar-refractivity contribution is 7.44. The molecule has 2 aromatic heterocycles. The fraction of sp³-hybridized carbons (Fsp3) is 0.281. The van der Waals surface area contributed by atoms with Crippen molar-refractivity contribution in [1.29, 1.82) is 5.26 Å². The number of nitrogens with zero attached hydrogens (tertiary/aromatic N) is 6. The lowest BCUT2D eigenvalue weighted by atomic mass is 9.80. The van der Waals surface area contributed by atoms with E-state index in [-0.39, 0.29) is 49.4 Å². The van der Waals surface area contributed by atoms with E-state index in [1.54, 1.807) is 25.1 Å². The predicted molar refractivity (Wildman–Crippen MR) is 282 cm³/mol. The Kier molecular flexibility index (Phi) is 14.2. The molecule has 9 aromatic rings. The third-order valence-corrected chi connectivity index (χ3v) is 15.7. The zero-order valence-electron chi connectivity index (χ0n) is 41.5. The number of benzene rings is 7. The Morgan fingerprint density at radius 3 is 2.03 bits per heavy atom. The summed E-state index contributed by atoms with van der Waals surface area (Å²) in [6.45, 7) is 8.40. The van der Waals surface area contributed by atoms with Gasteiger partial charge in [0, 0.05) is 30.1 Å². The highest BCUT2D eigenvalue weighted by atomic mass is 31.2. The first-order valence-electron chi connectivity index (χ1n) is 24.4. The molecule has 0 radical (unpaired) electrons. The van der Waals surface area contributed by atoms with Crippen molar-refractivity contribution < 1.29 is 28.0 Å². The fourth-order valence-electron chi connectivity index (χ4n) is 10.1. The van der Waals surface area contributed by atoms with Gasteiger partial charge in [0.15, 0.2) is 0 Å². The average Bonchev–Trinajstić information content (AvgIpc) is 4.06. The van der Waals surface area contributed by atoms with Gasteiger partial charge in [-0.15, -0.1) is 5.10 Å². The molecular formula is C57H56N7O8P. The fourth-order valence-corrected chi connectivity index (χ4v) is 11.9. The second-order valence-electron chi connectivity index (χ2n) is 18.6. The van der Waals surface area contributed by atoms with Gasteiger partial charge in [0.25, 0.3) is 14.1 Å². The Morgan fingerprint density at radius 1 is 0.781 bits per heavy atom. The van der Waals surface area contributed by atoms with Gasteiger partial charge in [-0.1, -0.05) is 108 Å². The third-order valence-electron chi connectivity index (χ3n) is 13.5. The third kappa shape index (κ3) is 9.50. The van der Waals surface area contributed by atoms with Crippen LogP contribution < -0.4 is 20.7 Å². The van der Waals surface area contributed by atoms with Crippen molar-refractivity contribution in [2.45, 2.75) is 76.7 Å². The van der Waals surface area contributed by atoms with E-state index in [2.05, 4.69) is 102 Å². The van der Waals surface area contributed by atoms with E-state index in [1.807, 2.05) is 84.9 Å². The van der Waals surface area contributed by atoms with Crippen LogP contribution in [-0.4, -0.2) is 80.9 Å². The molecule has 0 amide bonds. The average molecular weight is 998 g/mol. The second kappa shape index (κ2) is 21.1. The Hall–Kier alpha value is -7.28. The van der Waals surface area contributed by atoms with Crippen LogP contribution >= 0.6 is 8.53 Å². The van der Waals surface area contributed by atoms with Gasteiger partial charge in [-0.05, 0) is 102 Å². The number of methoxy groups -OCH3 is 2. The van der Waals surface area contributed by atoms with Crippen LogP contribution in [0.1, 0.15) is 63.5 Å². The number of H-pyrrole nitrogens is 1. The molecule has 1 aliphatic rings. The van der Waals surface area contributed by atoms with Crippen LogP contribution in [0.15, 0.2) is 155 Å². The minimum absolute atomic E-state index is 0.0102. The molecule has 10 rings (SSSR count). The van der Waals surface area contributed by atoms with Gasteiger partial charge in [-0.2, -0.15) is 5.26 Å². The number of ether oxygens (including phenoxy) is 4. The van der Waals surface area contributed by atoms with Gasteiger partial charge >= 0.3 is 5.69 Å². The molecular weight excluding hydrogens is 942 g/mol. The number of hydrogen-bond acceptors (Lipinski definition) is 12. The molecule has 372 valence electrons. The van der Waals surface area contributed by atoms with E-state index in [1.165, 1.54) is 16.2 Å². The van der Waals surface area contributed by atoms with Gasteiger partial charge < -0.3 is 28.0 Å². The van der Waals surface area contributed by atoms with Gasteiger partial charge in [-0.25, -0.2) is 14.1 Å². The van der Waals surface area contributed by atoms with Crippen molar-refractivity contribution >= 4 is 40.8 Å². The van der Waals surface area contributed by atoms with E-state index >= 15 is 0 Å². The second-order valence-corrected chi connectivity index (χ2v) is 20.0. The molecule has 73 heavy (non-hydrogen) atoms. The molecule has 0 spiro atoms. The summed E-state index contributed by atoms with van der Waals surface area (Å²) < 4.78 is 44.2. The summed E-state index contributed by atoms with van der Waals surface area (Å²) in [7, 11) is 1.48. The molecule has 1 N–H and O–H groups in total. The molecule has 7 aromatic carbocycles. The van der Waals surface area contributed by atoms with E-state index in [0.717, 1.165) is 49.3 Å². The van der Waals surface area contributed by atoms with Crippen LogP contribution in [-0.2, 0) is 24.1 Å². The van der Waals surface area contributed by atoms with Crippen LogP contribution in [0.4, 0.5) is 0 Å². The number of nitrogens with one attached hydrogen (secondary N) is 1. The number of rotatable bonds is 19. The summed E-state index contributed by atoms with van der Waals surface area (Å²) in [4.78, 5) is 30.4. The molecule has 0 aliphatic carbocycles. The first-order valence-corrected chi connectivity index (χ1v) is 25.5. The van der Waals surface area contributed by atoms with Gasteiger partial charge in [-0.3, -0.25) is 14.3 Å². The molecule has 1 unspecified atom stereocenters. The van der Waals surface area contributed by atoms with Gasteiger partial charge in [0.05, 0.1) is 63.5 Å². The van der Waals surface area contributed by atoms with Crippen molar-refractivity contribution in [3.8, 4) is 34.5 Å². The van der Waals surface area contributed by atoms with Crippen molar-refractivity contribution in [3.05, 3.63) is 183 Å². The Morgan fingerprint density at radius 2 is 1.40 bits per heavy atom. The predicted octanol–water partition coefficient (Wildman–Crippen LogP) is 10.7. The summed E-state index contributed by atoms with van der Waals surface area (Å²) in [5, 5.41) is 25.2. The topological polar surface area (TPSA) is 168 Å². The standard InChI is InChI=1S/C57H56N7O8P/c1-36(2)64(37(3)4)73(70-31-11-30-58)72-50-32-52(71-51(50)35-69-57(41-14-8-7-9-15-41,42-20-24-44(67-5)25-21-42)43-22-26-45(68-6)27-23-43)62-33-47(55(65)59-56(62)66)48-34-63(61-60-48)49-29-19-40-17-16-38-12-10-13-39-18-28-46(49)54(40)53(38)39/h7-10,12-29,33-34,36-37,50-52H,11,31-32,35H2,1-6H3,(H,59,65,66)/t50-,51+,52+,73?/m0/s1. The first kappa shape index (κ1) is 49.3. The number of aromatic amines is 1. The number of hydrogen-bond donors (Lipinski definition) is 1. The van der Waals surface area contributed by atoms with E-state index in [9.17, 15) is 14.9 Å². The molecule has 16 heteroatoms. The molecule has 3 heterocycles. The van der Waals surface area contributed by atoms with Crippen molar-refractivity contribution in [3.63, 3.8) is 0 Å². The summed E-state index contributed by atoms with van der Waals surface area (Å²) in [6, 6.07) is 46.4. The quantitative estimate of drug-likeness (QED) is 0.0353. The van der Waals surface area contributed by atoms with Crippen LogP contribution in [0.2, 0.25) is 0 Å². The Bertz CT molecular complexity index is 3450. The van der Waals surface area contributed by atoms with Gasteiger partial charge in [0.1, 0.15) is 35.1 Å². The van der Waals surface area contributed by atoms with Crippen LogP contribution in [0.25, 0.3) is 49.3 Å². The summed E-state index contributed by atoms with van der Waals surface area (Å²) in [5.41, 5.74) is 1.16. The van der Waals surface area contributed by atoms with Crippen LogP contribution in [0, 0.1) is 11.3 Å². The van der Waals surface area contributed by atoms with Crippen LogP contribution in [0.3, 0.4) is 0 Å². The first-order chi connectivity index (χ1) is 35.5. The molecule has 15 nitrogen and oxygen atoms in total. The van der Waals surface area contributed by atoms with E-state index in [0.29, 0.717) is 11.5 Å². The lowest BCUT2D eigenvalue weighted by Gasteiger charge is -2.39. The smallest absolute Gasteiger partial charge is 0.330 e. The molecule has 4 atom stereocenters. The lowest BCUT2D eigenvalue weighted by molar-refractivity contribution is -0.0925. The molecule has 1 fully saturated rings. The molecule has 1 saturated heterocycles. The van der Waals surface area contributed by atoms with E-state index < -0.39 is 43.8 Å². The van der Waals surface area contributed by atoms with Crippen LogP contribution in [0.5, 0.6) is 11.5 Å². The molecule has 0 bridgehead atoms. The normalized spacial score (nSPS) is 16.6. The van der Waals surface area contributed by atoms with Gasteiger partial charge in [0.2, 0.25) is 0 Å². The van der Waals surface area contributed by atoms with E-state index in [4.69, 9.17) is 28.0 Å². The SMILES string of the molecule is COc1ccc(C(OC[C@H]2O[C@@H](n3cc(-c4cn(-c5ccc6ccc7cccc8ccc5c6c78)nn4)c(=O)[nH]c3=O)C[C@@H]2OP(OCCC#N)N(C(C)C)C(C)C)(c2ccccc2)c2ccc(OC)cc2)cc1. The zero-order valence-corrected chi connectivity index (χ0v) is 42.4.